The molecule has 0 N–H and O–H groups in total. The Hall–Kier alpha value is -1.31. The number of carbonyl (C=O) groups excluding carboxylic acids is 1. The second-order valence-corrected chi connectivity index (χ2v) is 7.98. The molecule has 132 valence electrons. The smallest absolute Gasteiger partial charge is 0.153 e. The van der Waals surface area contributed by atoms with Crippen molar-refractivity contribution in [2.24, 2.45) is 17.8 Å². The van der Waals surface area contributed by atoms with Gasteiger partial charge in [-0.25, -0.2) is 0 Å². The van der Waals surface area contributed by atoms with E-state index in [0.29, 0.717) is 18.1 Å². The average Bonchev–Trinajstić information content (AvgIpc) is 2.63. The minimum atomic E-state index is 0.602. The number of hydrogen-bond donors (Lipinski definition) is 0. The van der Waals surface area contributed by atoms with Gasteiger partial charge >= 0.3 is 0 Å². The first kappa shape index (κ1) is 17.5. The van der Waals surface area contributed by atoms with Crippen molar-refractivity contribution in [2.45, 2.75) is 71.1 Å². The first-order chi connectivity index (χ1) is 11.7. The van der Waals surface area contributed by atoms with Crippen molar-refractivity contribution in [1.29, 1.82) is 0 Å². The van der Waals surface area contributed by atoms with E-state index in [1.807, 2.05) is 13.0 Å². The molecule has 24 heavy (non-hydrogen) atoms. The highest BCUT2D eigenvalue weighted by atomic mass is 16.5. The quantitative estimate of drug-likeness (QED) is 0.620. The van der Waals surface area contributed by atoms with Crippen LogP contribution in [0.5, 0.6) is 5.75 Å². The minimum Gasteiger partial charge on any atom is -0.493 e. The maximum Gasteiger partial charge on any atom is 0.153 e. The highest BCUT2D eigenvalue weighted by Gasteiger charge is 2.30. The summed E-state index contributed by atoms with van der Waals surface area (Å²) in [4.78, 5) is 11.3. The second kappa shape index (κ2) is 8.18. The monoisotopic (exact) mass is 328 g/mol. The lowest BCUT2D eigenvalue weighted by molar-refractivity contribution is 0.111. The van der Waals surface area contributed by atoms with E-state index in [1.54, 1.807) is 0 Å². The molecule has 3 rings (SSSR count). The van der Waals surface area contributed by atoms with E-state index < -0.39 is 0 Å². The van der Waals surface area contributed by atoms with Crippen LogP contribution < -0.4 is 4.74 Å². The molecule has 0 unspecified atom stereocenters. The van der Waals surface area contributed by atoms with Crippen LogP contribution in [0.3, 0.4) is 0 Å². The third-order valence-corrected chi connectivity index (χ3v) is 6.43. The van der Waals surface area contributed by atoms with Gasteiger partial charge in [-0.15, -0.1) is 0 Å². The van der Waals surface area contributed by atoms with Crippen molar-refractivity contribution < 1.29 is 9.53 Å². The highest BCUT2D eigenvalue weighted by molar-refractivity contribution is 5.79. The number of rotatable bonds is 5. The Kier molecular flexibility index (Phi) is 5.97. The average molecular weight is 328 g/mol. The van der Waals surface area contributed by atoms with Gasteiger partial charge in [0, 0.05) is 0 Å². The number of aldehydes is 1. The Morgan fingerprint density at radius 1 is 1.00 bits per heavy atom. The molecule has 0 aliphatic heterocycles. The lowest BCUT2D eigenvalue weighted by Gasteiger charge is -2.37. The Morgan fingerprint density at radius 3 is 2.21 bits per heavy atom. The van der Waals surface area contributed by atoms with Crippen molar-refractivity contribution >= 4 is 6.29 Å². The van der Waals surface area contributed by atoms with Gasteiger partial charge in [0.15, 0.2) is 6.29 Å². The van der Waals surface area contributed by atoms with Crippen LogP contribution in [0.2, 0.25) is 0 Å². The Morgan fingerprint density at radius 2 is 1.62 bits per heavy atom. The topological polar surface area (TPSA) is 26.3 Å². The summed E-state index contributed by atoms with van der Waals surface area (Å²) in [7, 11) is 0. The van der Waals surface area contributed by atoms with Crippen molar-refractivity contribution in [3.05, 3.63) is 29.3 Å². The molecule has 2 aliphatic carbocycles. The van der Waals surface area contributed by atoms with Gasteiger partial charge in [0.2, 0.25) is 0 Å². The number of ether oxygens (including phenoxy) is 1. The minimum absolute atomic E-state index is 0.602. The van der Waals surface area contributed by atoms with Crippen LogP contribution in [-0.2, 0) is 0 Å². The summed E-state index contributed by atoms with van der Waals surface area (Å²) >= 11 is 0. The lowest BCUT2D eigenvalue weighted by Crippen LogP contribution is -2.24. The maximum absolute atomic E-state index is 11.3. The fourth-order valence-corrected chi connectivity index (χ4v) is 4.88. The third-order valence-electron chi connectivity index (χ3n) is 6.43. The van der Waals surface area contributed by atoms with E-state index in [9.17, 15) is 4.79 Å². The largest absolute Gasteiger partial charge is 0.493 e. The van der Waals surface area contributed by atoms with Gasteiger partial charge in [-0.2, -0.15) is 0 Å². The molecule has 0 saturated heterocycles. The SMILES string of the molecule is CCOc1ccc(C2CCC(C3CCC(C)CC3)CC2)cc1C=O. The molecule has 0 aromatic heterocycles. The number of carbonyl (C=O) groups is 1. The fraction of sp³-hybridized carbons (Fsp3) is 0.682. The van der Waals surface area contributed by atoms with Crippen molar-refractivity contribution in [1.82, 2.24) is 0 Å². The van der Waals surface area contributed by atoms with Crippen molar-refractivity contribution in [3.63, 3.8) is 0 Å². The summed E-state index contributed by atoms with van der Waals surface area (Å²) in [6.07, 6.45) is 12.0. The maximum atomic E-state index is 11.3. The third kappa shape index (κ3) is 4.02. The van der Waals surface area contributed by atoms with Crippen molar-refractivity contribution in [2.75, 3.05) is 6.61 Å². The Balaban J connectivity index is 1.59. The first-order valence-electron chi connectivity index (χ1n) is 9.93. The Bertz CT molecular complexity index is 535. The van der Waals surface area contributed by atoms with E-state index in [2.05, 4.69) is 19.1 Å². The van der Waals surface area contributed by atoms with Crippen LogP contribution in [-0.4, -0.2) is 12.9 Å². The zero-order valence-electron chi connectivity index (χ0n) is 15.3. The first-order valence-corrected chi connectivity index (χ1v) is 9.93. The van der Waals surface area contributed by atoms with Crippen molar-refractivity contribution in [3.8, 4) is 5.75 Å². The predicted molar refractivity (Wildman–Crippen MR) is 98.8 cm³/mol. The molecule has 1 aromatic carbocycles. The normalized spacial score (nSPS) is 30.8. The molecule has 2 aliphatic rings. The number of hydrogen-bond acceptors (Lipinski definition) is 2. The molecule has 2 heteroatoms. The lowest BCUT2D eigenvalue weighted by atomic mass is 9.68. The zero-order valence-corrected chi connectivity index (χ0v) is 15.3. The number of benzene rings is 1. The van der Waals surface area contributed by atoms with E-state index in [-0.39, 0.29) is 0 Å². The van der Waals surface area contributed by atoms with Gasteiger partial charge in [-0.05, 0) is 86.8 Å². The zero-order chi connectivity index (χ0) is 16.9. The summed E-state index contributed by atoms with van der Waals surface area (Å²) in [5, 5.41) is 0. The van der Waals surface area contributed by atoms with E-state index in [1.165, 1.54) is 56.9 Å². The summed E-state index contributed by atoms with van der Waals surface area (Å²) in [5.74, 6) is 4.22. The standard InChI is InChI=1S/C22H32O2/c1-3-24-22-13-12-20(14-21(22)15-23)19-10-8-18(9-11-19)17-6-4-16(2)5-7-17/h12-19H,3-11H2,1-2H3. The van der Waals surface area contributed by atoms with Crippen LogP contribution in [0, 0.1) is 17.8 Å². The molecular formula is C22H32O2. The van der Waals surface area contributed by atoms with E-state index in [4.69, 9.17) is 4.74 Å². The van der Waals surface area contributed by atoms with Gasteiger partial charge < -0.3 is 4.74 Å². The van der Waals surface area contributed by atoms with Crippen LogP contribution in [0.15, 0.2) is 18.2 Å². The molecule has 0 spiro atoms. The highest BCUT2D eigenvalue weighted by Crippen LogP contribution is 2.44. The molecule has 0 heterocycles. The van der Waals surface area contributed by atoms with E-state index >= 15 is 0 Å². The van der Waals surface area contributed by atoms with Crippen LogP contribution in [0.1, 0.15) is 87.1 Å². The van der Waals surface area contributed by atoms with Gasteiger partial charge in [-0.1, -0.05) is 25.8 Å². The fourth-order valence-electron chi connectivity index (χ4n) is 4.88. The molecule has 0 radical (unpaired) electrons. The molecule has 0 amide bonds. The van der Waals surface area contributed by atoms with Crippen LogP contribution >= 0.6 is 0 Å². The molecular weight excluding hydrogens is 296 g/mol. The summed E-state index contributed by atoms with van der Waals surface area (Å²) in [6.45, 7) is 4.96. The molecule has 2 fully saturated rings. The molecule has 0 atom stereocenters. The second-order valence-electron chi connectivity index (χ2n) is 7.98. The van der Waals surface area contributed by atoms with E-state index in [0.717, 1.165) is 29.8 Å². The molecule has 1 aromatic rings. The van der Waals surface area contributed by atoms with Gasteiger partial charge in [0.05, 0.1) is 12.2 Å². The molecule has 0 bridgehead atoms. The van der Waals surface area contributed by atoms with Gasteiger partial charge in [0.25, 0.3) is 0 Å². The molecule has 2 saturated carbocycles. The van der Waals surface area contributed by atoms with Crippen LogP contribution in [0.25, 0.3) is 0 Å². The predicted octanol–water partition coefficient (Wildman–Crippen LogP) is 6.00. The van der Waals surface area contributed by atoms with Crippen LogP contribution in [0.4, 0.5) is 0 Å². The summed E-state index contributed by atoms with van der Waals surface area (Å²) in [5.41, 5.74) is 2.04. The summed E-state index contributed by atoms with van der Waals surface area (Å²) < 4.78 is 5.54. The van der Waals surface area contributed by atoms with Gasteiger partial charge in [-0.3, -0.25) is 4.79 Å². The van der Waals surface area contributed by atoms with Gasteiger partial charge in [0.1, 0.15) is 5.75 Å². The summed E-state index contributed by atoms with van der Waals surface area (Å²) in [6, 6.07) is 6.22. The molecule has 2 nitrogen and oxygen atoms in total. The Labute approximate surface area is 147 Å².